The number of hydrogen-bond acceptors (Lipinski definition) is 4. The van der Waals surface area contributed by atoms with E-state index in [1.807, 2.05) is 55.5 Å². The van der Waals surface area contributed by atoms with Crippen LogP contribution in [0.2, 0.25) is 0 Å². The van der Waals surface area contributed by atoms with E-state index in [1.54, 1.807) is 0 Å². The number of nitrogens with one attached hydrogen (secondary N) is 1. The maximum atomic E-state index is 5.35. The molecule has 1 aliphatic heterocycles. The Morgan fingerprint density at radius 3 is 2.68 bits per heavy atom. The third-order valence-electron chi connectivity index (χ3n) is 2.92. The second-order valence-corrected chi connectivity index (χ2v) is 4.24. The van der Waals surface area contributed by atoms with Gasteiger partial charge in [-0.3, -0.25) is 5.43 Å². The maximum Gasteiger partial charge on any atom is 0.231 e. The lowest BCUT2D eigenvalue weighted by molar-refractivity contribution is 0.174. The molecule has 96 valence electrons. The zero-order valence-corrected chi connectivity index (χ0v) is 10.6. The van der Waals surface area contributed by atoms with Gasteiger partial charge in [-0.15, -0.1) is 0 Å². The van der Waals surface area contributed by atoms with Gasteiger partial charge in [-0.05, 0) is 37.3 Å². The molecular weight excluding hydrogens is 240 g/mol. The fourth-order valence-electron chi connectivity index (χ4n) is 1.85. The highest BCUT2D eigenvalue weighted by Gasteiger charge is 2.13. The third-order valence-corrected chi connectivity index (χ3v) is 2.92. The minimum Gasteiger partial charge on any atom is -0.454 e. The topological polar surface area (TPSA) is 42.9 Å². The van der Waals surface area contributed by atoms with E-state index in [1.165, 1.54) is 0 Å². The van der Waals surface area contributed by atoms with Crippen LogP contribution >= 0.6 is 0 Å². The van der Waals surface area contributed by atoms with E-state index in [-0.39, 0.29) is 6.79 Å². The molecular formula is C15H14N2O2. The molecule has 1 aliphatic rings. The number of nitrogens with zero attached hydrogens (tertiary/aromatic N) is 1. The minimum absolute atomic E-state index is 0.289. The summed E-state index contributed by atoms with van der Waals surface area (Å²) in [4.78, 5) is 0. The standard InChI is InChI=1S/C15H14N2O2/c1-11(16-17-13-5-3-2-4-6-13)12-7-8-14-15(9-12)19-10-18-14/h2-9,17H,10H2,1H3/b16-11+. The molecule has 0 spiro atoms. The highest BCUT2D eigenvalue weighted by molar-refractivity contribution is 5.99. The van der Waals surface area contributed by atoms with Gasteiger partial charge in [0.05, 0.1) is 11.4 Å². The largest absolute Gasteiger partial charge is 0.454 e. The summed E-state index contributed by atoms with van der Waals surface area (Å²) in [6.07, 6.45) is 0. The molecule has 1 N–H and O–H groups in total. The lowest BCUT2D eigenvalue weighted by Crippen LogP contribution is -1.99. The first-order valence-electron chi connectivity index (χ1n) is 6.08. The Bertz CT molecular complexity index is 609. The van der Waals surface area contributed by atoms with Crippen LogP contribution in [0.25, 0.3) is 0 Å². The van der Waals surface area contributed by atoms with E-state index < -0.39 is 0 Å². The van der Waals surface area contributed by atoms with Crippen LogP contribution in [0.15, 0.2) is 53.6 Å². The monoisotopic (exact) mass is 254 g/mol. The average Bonchev–Trinajstić information content (AvgIpc) is 2.93. The lowest BCUT2D eigenvalue weighted by atomic mass is 10.1. The van der Waals surface area contributed by atoms with Crippen LogP contribution in [-0.2, 0) is 0 Å². The van der Waals surface area contributed by atoms with Crippen molar-refractivity contribution in [2.75, 3.05) is 12.2 Å². The Morgan fingerprint density at radius 2 is 1.84 bits per heavy atom. The first-order valence-corrected chi connectivity index (χ1v) is 6.08. The van der Waals surface area contributed by atoms with Crippen molar-refractivity contribution in [1.29, 1.82) is 0 Å². The van der Waals surface area contributed by atoms with Crippen LogP contribution in [0, 0.1) is 0 Å². The minimum atomic E-state index is 0.289. The van der Waals surface area contributed by atoms with Gasteiger partial charge < -0.3 is 9.47 Å². The number of benzene rings is 2. The molecule has 0 atom stereocenters. The van der Waals surface area contributed by atoms with E-state index in [9.17, 15) is 0 Å². The molecule has 0 radical (unpaired) electrons. The first-order chi connectivity index (χ1) is 9.33. The maximum absolute atomic E-state index is 5.35. The number of ether oxygens (including phenoxy) is 2. The van der Waals surface area contributed by atoms with Gasteiger partial charge >= 0.3 is 0 Å². The van der Waals surface area contributed by atoms with Crippen molar-refractivity contribution >= 4 is 11.4 Å². The second-order valence-electron chi connectivity index (χ2n) is 4.24. The van der Waals surface area contributed by atoms with E-state index in [2.05, 4.69) is 10.5 Å². The number of hydrogen-bond donors (Lipinski definition) is 1. The number of hydrazone groups is 1. The van der Waals surface area contributed by atoms with Crippen molar-refractivity contribution < 1.29 is 9.47 Å². The van der Waals surface area contributed by atoms with E-state index in [4.69, 9.17) is 9.47 Å². The zero-order chi connectivity index (χ0) is 13.1. The molecule has 0 aliphatic carbocycles. The summed E-state index contributed by atoms with van der Waals surface area (Å²) in [7, 11) is 0. The first kappa shape index (κ1) is 11.6. The summed E-state index contributed by atoms with van der Waals surface area (Å²) in [5, 5.41) is 4.36. The van der Waals surface area contributed by atoms with Crippen LogP contribution < -0.4 is 14.9 Å². The normalized spacial score (nSPS) is 13.4. The SMILES string of the molecule is C/C(=N\Nc1ccccc1)c1ccc2c(c1)OCO2. The molecule has 4 heteroatoms. The van der Waals surface area contributed by atoms with Crippen molar-refractivity contribution in [3.05, 3.63) is 54.1 Å². The molecule has 2 aromatic carbocycles. The number of fused-ring (bicyclic) bond motifs is 1. The fraction of sp³-hybridized carbons (Fsp3) is 0.133. The van der Waals surface area contributed by atoms with Crippen molar-refractivity contribution in [3.8, 4) is 11.5 Å². The van der Waals surface area contributed by atoms with Crippen molar-refractivity contribution in [3.63, 3.8) is 0 Å². The van der Waals surface area contributed by atoms with Crippen molar-refractivity contribution in [2.24, 2.45) is 5.10 Å². The molecule has 1 heterocycles. The summed E-state index contributed by atoms with van der Waals surface area (Å²) < 4.78 is 10.6. The van der Waals surface area contributed by atoms with Crippen LogP contribution in [0.1, 0.15) is 12.5 Å². The van der Waals surface area contributed by atoms with Gasteiger partial charge in [0.25, 0.3) is 0 Å². The third kappa shape index (κ3) is 2.52. The van der Waals surface area contributed by atoms with Crippen LogP contribution in [0.3, 0.4) is 0 Å². The van der Waals surface area contributed by atoms with E-state index >= 15 is 0 Å². The predicted molar refractivity (Wildman–Crippen MR) is 74.8 cm³/mol. The number of para-hydroxylation sites is 1. The van der Waals surface area contributed by atoms with Gasteiger partial charge in [-0.2, -0.15) is 5.10 Å². The molecule has 19 heavy (non-hydrogen) atoms. The Hall–Kier alpha value is -2.49. The molecule has 2 aromatic rings. The summed E-state index contributed by atoms with van der Waals surface area (Å²) >= 11 is 0. The lowest BCUT2D eigenvalue weighted by Gasteiger charge is -2.04. The molecule has 0 unspecified atom stereocenters. The van der Waals surface area contributed by atoms with Crippen molar-refractivity contribution in [2.45, 2.75) is 6.92 Å². The summed E-state index contributed by atoms with van der Waals surface area (Å²) in [6.45, 7) is 2.24. The Balaban J connectivity index is 1.78. The van der Waals surface area contributed by atoms with Gasteiger partial charge in [0, 0.05) is 5.56 Å². The molecule has 3 rings (SSSR count). The second kappa shape index (κ2) is 5.02. The van der Waals surface area contributed by atoms with E-state index in [0.29, 0.717) is 0 Å². The highest BCUT2D eigenvalue weighted by atomic mass is 16.7. The summed E-state index contributed by atoms with van der Waals surface area (Å²) in [5.41, 5.74) is 5.89. The predicted octanol–water partition coefficient (Wildman–Crippen LogP) is 3.25. The van der Waals surface area contributed by atoms with Crippen molar-refractivity contribution in [1.82, 2.24) is 0 Å². The van der Waals surface area contributed by atoms with Gasteiger partial charge in [0.15, 0.2) is 11.5 Å². The fourth-order valence-corrected chi connectivity index (χ4v) is 1.85. The van der Waals surface area contributed by atoms with E-state index in [0.717, 1.165) is 28.5 Å². The molecule has 0 amide bonds. The Labute approximate surface area is 111 Å². The summed E-state index contributed by atoms with van der Waals surface area (Å²) in [5.74, 6) is 1.55. The molecule has 4 nitrogen and oxygen atoms in total. The van der Waals surface area contributed by atoms with Gasteiger partial charge in [0.2, 0.25) is 6.79 Å². The molecule has 0 bridgehead atoms. The quantitative estimate of drug-likeness (QED) is 0.675. The average molecular weight is 254 g/mol. The van der Waals surface area contributed by atoms with Crippen LogP contribution in [0.4, 0.5) is 5.69 Å². The number of rotatable bonds is 3. The van der Waals surface area contributed by atoms with Gasteiger partial charge in [0.1, 0.15) is 0 Å². The zero-order valence-electron chi connectivity index (χ0n) is 10.6. The smallest absolute Gasteiger partial charge is 0.231 e. The molecule has 0 saturated heterocycles. The van der Waals surface area contributed by atoms with Crippen LogP contribution in [-0.4, -0.2) is 12.5 Å². The number of anilines is 1. The molecule has 0 aromatic heterocycles. The van der Waals surface area contributed by atoms with Gasteiger partial charge in [-0.25, -0.2) is 0 Å². The van der Waals surface area contributed by atoms with Gasteiger partial charge in [-0.1, -0.05) is 18.2 Å². The Morgan fingerprint density at radius 1 is 1.05 bits per heavy atom. The summed E-state index contributed by atoms with van der Waals surface area (Å²) in [6, 6.07) is 15.7. The van der Waals surface area contributed by atoms with Crippen LogP contribution in [0.5, 0.6) is 11.5 Å². The Kier molecular flexibility index (Phi) is 3.06. The molecule has 0 saturated carbocycles. The molecule has 0 fully saturated rings. The highest BCUT2D eigenvalue weighted by Crippen LogP contribution is 2.32.